The molecule has 1 heterocycles. The molecule has 3 heteroatoms. The maximum atomic E-state index is 12.2. The van der Waals surface area contributed by atoms with Gasteiger partial charge >= 0.3 is 0 Å². The van der Waals surface area contributed by atoms with Gasteiger partial charge in [-0.15, -0.1) is 0 Å². The fourth-order valence-electron chi connectivity index (χ4n) is 2.45. The third-order valence-corrected chi connectivity index (χ3v) is 3.46. The normalized spacial score (nSPS) is 10.9. The van der Waals surface area contributed by atoms with E-state index in [0.717, 1.165) is 33.3 Å². The predicted octanol–water partition coefficient (Wildman–Crippen LogP) is 3.52. The smallest absolute Gasteiger partial charge is 0.274 e. The molecule has 0 aliphatic heterocycles. The highest BCUT2D eigenvalue weighted by molar-refractivity contribution is 5.80. The van der Waals surface area contributed by atoms with Gasteiger partial charge in [-0.3, -0.25) is 4.79 Å². The first-order valence-electron chi connectivity index (χ1n) is 6.63. The molecule has 1 N–H and O–H groups in total. The highest BCUT2D eigenvalue weighted by atomic mass is 16.1. The molecule has 0 atom stereocenters. The monoisotopic (exact) mass is 264 g/mol. The van der Waals surface area contributed by atoms with Crippen LogP contribution in [-0.4, -0.2) is 9.97 Å². The summed E-state index contributed by atoms with van der Waals surface area (Å²) in [5.74, 6) is 0. The zero-order valence-corrected chi connectivity index (χ0v) is 11.8. The summed E-state index contributed by atoms with van der Waals surface area (Å²) in [5, 5.41) is 0. The second kappa shape index (κ2) is 4.60. The summed E-state index contributed by atoms with van der Waals surface area (Å²) in [6.45, 7) is 6.05. The molecule has 20 heavy (non-hydrogen) atoms. The van der Waals surface area contributed by atoms with Gasteiger partial charge in [0.15, 0.2) is 0 Å². The minimum absolute atomic E-state index is 0.147. The van der Waals surface area contributed by atoms with Crippen molar-refractivity contribution < 1.29 is 0 Å². The first kappa shape index (κ1) is 12.6. The largest absolute Gasteiger partial charge is 0.319 e. The molecule has 0 saturated heterocycles. The summed E-state index contributed by atoms with van der Waals surface area (Å²) >= 11 is 0. The Morgan fingerprint density at radius 2 is 1.65 bits per heavy atom. The molecule has 0 saturated carbocycles. The van der Waals surface area contributed by atoms with E-state index in [0.29, 0.717) is 5.69 Å². The van der Waals surface area contributed by atoms with Gasteiger partial charge in [0.1, 0.15) is 5.69 Å². The molecule has 100 valence electrons. The van der Waals surface area contributed by atoms with Gasteiger partial charge in [-0.2, -0.15) is 0 Å². The topological polar surface area (TPSA) is 45.8 Å². The Morgan fingerprint density at radius 1 is 0.950 bits per heavy atom. The van der Waals surface area contributed by atoms with Gasteiger partial charge in [0.2, 0.25) is 0 Å². The number of aromatic amines is 1. The van der Waals surface area contributed by atoms with Crippen molar-refractivity contribution in [2.45, 2.75) is 20.8 Å². The number of nitrogens with one attached hydrogen (secondary N) is 1. The number of benzene rings is 2. The number of fused-ring (bicyclic) bond motifs is 1. The number of nitrogens with zero attached hydrogens (tertiary/aromatic N) is 1. The quantitative estimate of drug-likeness (QED) is 0.731. The molecule has 0 spiro atoms. The average Bonchev–Trinajstić information content (AvgIpc) is 2.39. The predicted molar refractivity (Wildman–Crippen MR) is 82.0 cm³/mol. The van der Waals surface area contributed by atoms with Crippen LogP contribution >= 0.6 is 0 Å². The highest BCUT2D eigenvalue weighted by Crippen LogP contribution is 2.20. The molecule has 3 nitrogen and oxygen atoms in total. The second-order valence-corrected chi connectivity index (χ2v) is 5.26. The number of hydrogen-bond acceptors (Lipinski definition) is 2. The minimum atomic E-state index is -0.147. The van der Waals surface area contributed by atoms with Gasteiger partial charge in [0.05, 0.1) is 11.0 Å². The van der Waals surface area contributed by atoms with Gasteiger partial charge in [-0.05, 0) is 38.0 Å². The van der Waals surface area contributed by atoms with Crippen LogP contribution < -0.4 is 5.56 Å². The average molecular weight is 264 g/mol. The van der Waals surface area contributed by atoms with Crippen LogP contribution in [0.1, 0.15) is 16.7 Å². The molecule has 0 aliphatic rings. The lowest BCUT2D eigenvalue weighted by Gasteiger charge is -2.06. The molecule has 0 unspecified atom stereocenters. The van der Waals surface area contributed by atoms with Crippen molar-refractivity contribution in [1.82, 2.24) is 9.97 Å². The fourth-order valence-corrected chi connectivity index (χ4v) is 2.45. The second-order valence-electron chi connectivity index (χ2n) is 5.26. The summed E-state index contributed by atoms with van der Waals surface area (Å²) in [7, 11) is 0. The standard InChI is InChI=1S/C17H16N2O/c1-10-4-6-13(7-5-10)16-17(20)18-14-9-11(2)8-12(3)15(14)19-16/h4-9H,1-3H3,(H,18,20). The lowest BCUT2D eigenvalue weighted by molar-refractivity contribution is 1.20. The molecule has 1 aromatic heterocycles. The molecule has 0 bridgehead atoms. The summed E-state index contributed by atoms with van der Waals surface area (Å²) in [5.41, 5.74) is 6.18. The maximum absolute atomic E-state index is 12.2. The van der Waals surface area contributed by atoms with Gasteiger partial charge in [-0.25, -0.2) is 4.98 Å². The molecule has 3 rings (SSSR count). The summed E-state index contributed by atoms with van der Waals surface area (Å²) in [6, 6.07) is 11.9. The number of rotatable bonds is 1. The molecular weight excluding hydrogens is 248 g/mol. The van der Waals surface area contributed by atoms with E-state index < -0.39 is 0 Å². The van der Waals surface area contributed by atoms with Crippen molar-refractivity contribution in [3.63, 3.8) is 0 Å². The lowest BCUT2D eigenvalue weighted by Crippen LogP contribution is -2.12. The Bertz CT molecular complexity index is 845. The van der Waals surface area contributed by atoms with Crippen molar-refractivity contribution in [3.05, 3.63) is 63.4 Å². The van der Waals surface area contributed by atoms with Gasteiger partial charge in [0, 0.05) is 5.56 Å². The maximum Gasteiger partial charge on any atom is 0.274 e. The van der Waals surface area contributed by atoms with Crippen LogP contribution in [0.4, 0.5) is 0 Å². The van der Waals surface area contributed by atoms with Crippen LogP contribution in [0.15, 0.2) is 41.2 Å². The Labute approximate surface area is 117 Å². The zero-order valence-electron chi connectivity index (χ0n) is 11.8. The third-order valence-electron chi connectivity index (χ3n) is 3.46. The van der Waals surface area contributed by atoms with Crippen molar-refractivity contribution in [3.8, 4) is 11.3 Å². The van der Waals surface area contributed by atoms with E-state index >= 15 is 0 Å². The zero-order chi connectivity index (χ0) is 14.3. The van der Waals surface area contributed by atoms with Gasteiger partial charge in [0.25, 0.3) is 5.56 Å². The van der Waals surface area contributed by atoms with Crippen molar-refractivity contribution >= 4 is 11.0 Å². The first-order chi connectivity index (χ1) is 9.54. The van der Waals surface area contributed by atoms with Crippen molar-refractivity contribution in [2.24, 2.45) is 0 Å². The van der Waals surface area contributed by atoms with Crippen LogP contribution in [0.25, 0.3) is 22.3 Å². The fraction of sp³-hybridized carbons (Fsp3) is 0.176. The Balaban J connectivity index is 2.29. The number of aromatic nitrogens is 2. The van der Waals surface area contributed by atoms with Crippen LogP contribution in [0, 0.1) is 20.8 Å². The number of hydrogen-bond donors (Lipinski definition) is 1. The van der Waals surface area contributed by atoms with E-state index in [4.69, 9.17) is 0 Å². The Hall–Kier alpha value is -2.42. The van der Waals surface area contributed by atoms with Crippen LogP contribution in [0.2, 0.25) is 0 Å². The minimum Gasteiger partial charge on any atom is -0.319 e. The summed E-state index contributed by atoms with van der Waals surface area (Å²) in [4.78, 5) is 19.7. The van der Waals surface area contributed by atoms with Gasteiger partial charge < -0.3 is 4.98 Å². The Kier molecular flexibility index (Phi) is 2.90. The SMILES string of the molecule is Cc1ccc(-c2nc3c(C)cc(C)cc3[nH]c2=O)cc1. The van der Waals surface area contributed by atoms with Crippen LogP contribution in [0.5, 0.6) is 0 Å². The van der Waals surface area contributed by atoms with E-state index in [2.05, 4.69) is 16.0 Å². The van der Waals surface area contributed by atoms with Crippen molar-refractivity contribution in [2.75, 3.05) is 0 Å². The van der Waals surface area contributed by atoms with Crippen molar-refractivity contribution in [1.29, 1.82) is 0 Å². The summed E-state index contributed by atoms with van der Waals surface area (Å²) < 4.78 is 0. The van der Waals surface area contributed by atoms with E-state index in [1.807, 2.05) is 51.1 Å². The van der Waals surface area contributed by atoms with Crippen LogP contribution in [-0.2, 0) is 0 Å². The van der Waals surface area contributed by atoms with E-state index in [1.165, 1.54) is 0 Å². The van der Waals surface area contributed by atoms with E-state index in [1.54, 1.807) is 0 Å². The molecular formula is C17H16N2O. The van der Waals surface area contributed by atoms with Crippen LogP contribution in [0.3, 0.4) is 0 Å². The van der Waals surface area contributed by atoms with E-state index in [-0.39, 0.29) is 5.56 Å². The molecule has 0 amide bonds. The number of aryl methyl sites for hydroxylation is 3. The molecule has 3 aromatic rings. The lowest BCUT2D eigenvalue weighted by atomic mass is 10.1. The van der Waals surface area contributed by atoms with Gasteiger partial charge in [-0.1, -0.05) is 35.9 Å². The highest BCUT2D eigenvalue weighted by Gasteiger charge is 2.09. The Morgan fingerprint density at radius 3 is 2.35 bits per heavy atom. The van der Waals surface area contributed by atoms with E-state index in [9.17, 15) is 4.79 Å². The molecule has 2 aromatic carbocycles. The first-order valence-corrected chi connectivity index (χ1v) is 6.63. The molecule has 0 radical (unpaired) electrons. The third kappa shape index (κ3) is 2.11. The molecule has 0 aliphatic carbocycles. The molecule has 0 fully saturated rings. The number of H-pyrrole nitrogens is 1. The summed E-state index contributed by atoms with van der Waals surface area (Å²) in [6.07, 6.45) is 0.